The average Bonchev–Trinajstić information content (AvgIpc) is 2.65. The van der Waals surface area contributed by atoms with Crippen molar-refractivity contribution in [3.8, 4) is 6.07 Å². The predicted octanol–water partition coefficient (Wildman–Crippen LogP) is 2.56. The molecular formula is C20H14N2O4. The van der Waals surface area contributed by atoms with Gasteiger partial charge in [-0.2, -0.15) is 5.26 Å². The van der Waals surface area contributed by atoms with Gasteiger partial charge in [-0.1, -0.05) is 30.3 Å². The summed E-state index contributed by atoms with van der Waals surface area (Å²) in [4.78, 5) is 37.2. The normalized spacial score (nSPS) is 14.9. The van der Waals surface area contributed by atoms with E-state index in [1.807, 2.05) is 6.07 Å². The highest BCUT2D eigenvalue weighted by Crippen LogP contribution is 2.30. The van der Waals surface area contributed by atoms with Crippen LogP contribution in [0.15, 0.2) is 48.5 Å². The zero-order valence-corrected chi connectivity index (χ0v) is 13.7. The SMILES string of the molecule is N#Cc1ccc(/C=C2\C(=O)N(CCC(=O)O)C(=O)c3ccccc32)cc1. The number of amides is 2. The van der Waals surface area contributed by atoms with E-state index in [4.69, 9.17) is 10.4 Å². The summed E-state index contributed by atoms with van der Waals surface area (Å²) in [5, 5.41) is 17.8. The van der Waals surface area contributed by atoms with Crippen molar-refractivity contribution in [2.75, 3.05) is 6.54 Å². The van der Waals surface area contributed by atoms with Crippen LogP contribution in [0.2, 0.25) is 0 Å². The van der Waals surface area contributed by atoms with Crippen LogP contribution >= 0.6 is 0 Å². The van der Waals surface area contributed by atoms with Gasteiger partial charge in [0.05, 0.1) is 18.1 Å². The molecule has 0 aliphatic carbocycles. The molecular weight excluding hydrogens is 332 g/mol. The minimum atomic E-state index is -1.08. The molecule has 0 radical (unpaired) electrons. The van der Waals surface area contributed by atoms with Gasteiger partial charge in [-0.15, -0.1) is 0 Å². The molecule has 0 bridgehead atoms. The van der Waals surface area contributed by atoms with Crippen molar-refractivity contribution in [2.45, 2.75) is 6.42 Å². The maximum atomic E-state index is 12.8. The Bertz CT molecular complexity index is 968. The zero-order chi connectivity index (χ0) is 18.7. The van der Waals surface area contributed by atoms with Gasteiger partial charge in [0.2, 0.25) is 0 Å². The second-order valence-corrected chi connectivity index (χ2v) is 5.74. The first-order valence-corrected chi connectivity index (χ1v) is 7.90. The molecule has 0 unspecified atom stereocenters. The minimum Gasteiger partial charge on any atom is -0.481 e. The van der Waals surface area contributed by atoms with Crippen LogP contribution < -0.4 is 0 Å². The first-order chi connectivity index (χ1) is 12.5. The van der Waals surface area contributed by atoms with E-state index in [-0.39, 0.29) is 13.0 Å². The van der Waals surface area contributed by atoms with Crippen LogP contribution in [-0.4, -0.2) is 34.3 Å². The molecule has 6 nitrogen and oxygen atoms in total. The Kier molecular flexibility index (Phi) is 4.63. The van der Waals surface area contributed by atoms with Crippen molar-refractivity contribution in [2.24, 2.45) is 0 Å². The van der Waals surface area contributed by atoms with Gasteiger partial charge in [0.1, 0.15) is 0 Å². The third-order valence-corrected chi connectivity index (χ3v) is 4.07. The van der Waals surface area contributed by atoms with E-state index in [1.165, 1.54) is 0 Å². The van der Waals surface area contributed by atoms with Crippen molar-refractivity contribution >= 4 is 29.4 Å². The van der Waals surface area contributed by atoms with Crippen LogP contribution in [0.1, 0.15) is 33.5 Å². The Morgan fingerprint density at radius 3 is 2.31 bits per heavy atom. The molecule has 1 aliphatic heterocycles. The lowest BCUT2D eigenvalue weighted by Crippen LogP contribution is -2.42. The number of carbonyl (C=O) groups excluding carboxylic acids is 2. The molecule has 1 N–H and O–H groups in total. The lowest BCUT2D eigenvalue weighted by Gasteiger charge is -2.28. The average molecular weight is 346 g/mol. The number of hydrogen-bond acceptors (Lipinski definition) is 4. The fourth-order valence-corrected chi connectivity index (χ4v) is 2.77. The largest absolute Gasteiger partial charge is 0.481 e. The van der Waals surface area contributed by atoms with Gasteiger partial charge in [-0.25, -0.2) is 0 Å². The Morgan fingerprint density at radius 1 is 1.04 bits per heavy atom. The van der Waals surface area contributed by atoms with Gasteiger partial charge in [0.25, 0.3) is 11.8 Å². The fraction of sp³-hybridized carbons (Fsp3) is 0.100. The quantitative estimate of drug-likeness (QED) is 0.677. The van der Waals surface area contributed by atoms with E-state index in [0.717, 1.165) is 4.90 Å². The summed E-state index contributed by atoms with van der Waals surface area (Å²) in [7, 11) is 0. The summed E-state index contributed by atoms with van der Waals surface area (Å²) in [6, 6.07) is 15.5. The molecule has 0 aromatic heterocycles. The third-order valence-electron chi connectivity index (χ3n) is 4.07. The predicted molar refractivity (Wildman–Crippen MR) is 93.8 cm³/mol. The van der Waals surface area contributed by atoms with E-state index in [9.17, 15) is 14.4 Å². The fourth-order valence-electron chi connectivity index (χ4n) is 2.77. The lowest BCUT2D eigenvalue weighted by molar-refractivity contribution is -0.137. The number of carbonyl (C=O) groups is 3. The van der Waals surface area contributed by atoms with Crippen LogP contribution in [0.5, 0.6) is 0 Å². The highest BCUT2D eigenvalue weighted by molar-refractivity contribution is 6.33. The highest BCUT2D eigenvalue weighted by atomic mass is 16.4. The number of benzene rings is 2. The number of hydrogen-bond donors (Lipinski definition) is 1. The first-order valence-electron chi connectivity index (χ1n) is 7.90. The topological polar surface area (TPSA) is 98.5 Å². The Hall–Kier alpha value is -3.72. The highest BCUT2D eigenvalue weighted by Gasteiger charge is 2.34. The monoisotopic (exact) mass is 346 g/mol. The zero-order valence-electron chi connectivity index (χ0n) is 13.7. The van der Waals surface area contributed by atoms with Crippen LogP contribution in [-0.2, 0) is 9.59 Å². The van der Waals surface area contributed by atoms with Crippen molar-refractivity contribution in [3.63, 3.8) is 0 Å². The molecule has 26 heavy (non-hydrogen) atoms. The van der Waals surface area contributed by atoms with Gasteiger partial charge in [0, 0.05) is 17.7 Å². The Balaban J connectivity index is 2.06. The molecule has 0 fully saturated rings. The molecule has 1 aliphatic rings. The van der Waals surface area contributed by atoms with Crippen molar-refractivity contribution in [1.29, 1.82) is 5.26 Å². The molecule has 6 heteroatoms. The van der Waals surface area contributed by atoms with E-state index in [1.54, 1.807) is 54.6 Å². The third kappa shape index (κ3) is 3.23. The molecule has 0 spiro atoms. The molecule has 0 atom stereocenters. The number of imide groups is 1. The summed E-state index contributed by atoms with van der Waals surface area (Å²) in [6.07, 6.45) is 1.33. The molecule has 2 amide bonds. The number of rotatable bonds is 4. The summed E-state index contributed by atoms with van der Waals surface area (Å²) in [5.41, 5.74) is 2.39. The Morgan fingerprint density at radius 2 is 1.69 bits per heavy atom. The van der Waals surface area contributed by atoms with Gasteiger partial charge in [0.15, 0.2) is 0 Å². The summed E-state index contributed by atoms with van der Waals surface area (Å²) < 4.78 is 0. The number of carboxylic acids is 1. The minimum absolute atomic E-state index is 0.188. The van der Waals surface area contributed by atoms with Crippen LogP contribution in [0.4, 0.5) is 0 Å². The summed E-state index contributed by atoms with van der Waals surface area (Å²) >= 11 is 0. The second-order valence-electron chi connectivity index (χ2n) is 5.74. The number of fused-ring (bicyclic) bond motifs is 1. The maximum absolute atomic E-state index is 12.8. The van der Waals surface area contributed by atoms with Gasteiger partial charge >= 0.3 is 5.97 Å². The van der Waals surface area contributed by atoms with Gasteiger partial charge in [-0.05, 0) is 35.4 Å². The number of nitrogens with zero attached hydrogens (tertiary/aromatic N) is 2. The smallest absolute Gasteiger partial charge is 0.305 e. The number of carboxylic acid groups (broad SMARTS) is 1. The van der Waals surface area contributed by atoms with E-state index in [0.29, 0.717) is 27.8 Å². The van der Waals surface area contributed by atoms with Gasteiger partial charge < -0.3 is 5.11 Å². The molecule has 0 saturated carbocycles. The maximum Gasteiger partial charge on any atom is 0.305 e. The molecule has 0 saturated heterocycles. The van der Waals surface area contributed by atoms with Crippen molar-refractivity contribution < 1.29 is 19.5 Å². The van der Waals surface area contributed by atoms with Crippen molar-refractivity contribution in [3.05, 3.63) is 70.8 Å². The van der Waals surface area contributed by atoms with Crippen molar-refractivity contribution in [1.82, 2.24) is 4.90 Å². The van der Waals surface area contributed by atoms with Crippen LogP contribution in [0, 0.1) is 11.3 Å². The summed E-state index contributed by atoms with van der Waals surface area (Å²) in [5.74, 6) is -2.11. The molecule has 128 valence electrons. The number of aliphatic carboxylic acids is 1. The molecule has 3 rings (SSSR count). The molecule has 2 aromatic carbocycles. The second kappa shape index (κ2) is 7.03. The van der Waals surface area contributed by atoms with E-state index >= 15 is 0 Å². The van der Waals surface area contributed by atoms with Gasteiger partial charge in [-0.3, -0.25) is 19.3 Å². The summed E-state index contributed by atoms with van der Waals surface area (Å²) in [6.45, 7) is -0.188. The van der Waals surface area contributed by atoms with Crippen LogP contribution in [0.3, 0.4) is 0 Å². The lowest BCUT2D eigenvalue weighted by atomic mass is 9.92. The standard InChI is InChI=1S/C20H14N2O4/c21-12-14-7-5-13(6-8-14)11-17-15-3-1-2-4-16(15)19(25)22(20(17)26)10-9-18(23)24/h1-8,11H,9-10H2,(H,23,24)/b17-11-. The van der Waals surface area contributed by atoms with Crippen LogP contribution in [0.25, 0.3) is 11.6 Å². The Labute approximate surface area is 149 Å². The number of nitriles is 1. The first kappa shape index (κ1) is 17.1. The van der Waals surface area contributed by atoms with E-state index in [2.05, 4.69) is 0 Å². The van der Waals surface area contributed by atoms with E-state index < -0.39 is 17.8 Å². The molecule has 1 heterocycles. The molecule has 2 aromatic rings.